The van der Waals surface area contributed by atoms with E-state index in [0.717, 1.165) is 66.8 Å². The molecule has 6 nitrogen and oxygen atoms in total. The molecule has 0 N–H and O–H groups in total. The third kappa shape index (κ3) is 18.2. The molecule has 0 unspecified atom stereocenters. The molecular formula is C84H84O6Si6. The highest BCUT2D eigenvalue weighted by Crippen LogP contribution is 2.43. The van der Waals surface area contributed by atoms with Crippen molar-refractivity contribution in [1.82, 2.24) is 0 Å². The van der Waals surface area contributed by atoms with Gasteiger partial charge in [0.25, 0.3) is 0 Å². The molecule has 13 rings (SSSR count). The number of benzene rings is 12. The first-order chi connectivity index (χ1) is 47.2. The van der Waals surface area contributed by atoms with E-state index in [1.54, 1.807) is 0 Å². The molecule has 0 radical (unpaired) electrons. The van der Waals surface area contributed by atoms with Crippen LogP contribution in [0.2, 0.25) is 0 Å². The summed E-state index contributed by atoms with van der Waals surface area (Å²) >= 11 is 0. The van der Waals surface area contributed by atoms with Crippen LogP contribution < -0.4 is 0 Å². The highest BCUT2D eigenvalue weighted by molar-refractivity contribution is 6.94. The molecule has 0 aromatic heterocycles. The molecule has 0 amide bonds. The zero-order valence-electron chi connectivity index (χ0n) is 54.6. The van der Waals surface area contributed by atoms with E-state index in [1.807, 2.05) is 0 Å². The molecule has 1 fully saturated rings. The van der Waals surface area contributed by atoms with Crippen molar-refractivity contribution in [3.8, 4) is 0 Å². The van der Waals surface area contributed by atoms with Gasteiger partial charge in [0.15, 0.2) is 0 Å². The van der Waals surface area contributed by atoms with Crippen LogP contribution in [-0.2, 0) is 97.2 Å². The smallest absolute Gasteiger partial charge is 0.329 e. The van der Waals surface area contributed by atoms with Gasteiger partial charge in [0.05, 0.1) is 0 Å². The fourth-order valence-electron chi connectivity index (χ4n) is 14.3. The van der Waals surface area contributed by atoms with Crippen molar-refractivity contribution >= 4 is 51.4 Å². The van der Waals surface area contributed by atoms with E-state index in [2.05, 4.69) is 364 Å². The van der Waals surface area contributed by atoms with Crippen LogP contribution in [0.1, 0.15) is 66.8 Å². The molecule has 96 heavy (non-hydrogen) atoms. The number of rotatable bonds is 24. The van der Waals surface area contributed by atoms with Crippen molar-refractivity contribution in [1.29, 1.82) is 0 Å². The first-order valence-corrected chi connectivity index (χ1v) is 47.2. The van der Waals surface area contributed by atoms with Gasteiger partial charge in [0.2, 0.25) is 0 Å². The van der Waals surface area contributed by atoms with Crippen LogP contribution in [0, 0.1) is 0 Å². The van der Waals surface area contributed by atoms with E-state index in [0.29, 0.717) is 72.5 Å². The van der Waals surface area contributed by atoms with Crippen molar-refractivity contribution in [2.45, 2.75) is 72.5 Å². The number of hydrogen-bond donors (Lipinski definition) is 0. The van der Waals surface area contributed by atoms with Crippen LogP contribution in [0.15, 0.2) is 364 Å². The lowest BCUT2D eigenvalue weighted by Crippen LogP contribution is -2.75. The van der Waals surface area contributed by atoms with Gasteiger partial charge in [0.1, 0.15) is 0 Å². The van der Waals surface area contributed by atoms with E-state index < -0.39 is 51.4 Å². The van der Waals surface area contributed by atoms with Gasteiger partial charge in [-0.2, -0.15) is 0 Å². The van der Waals surface area contributed by atoms with Crippen molar-refractivity contribution in [3.05, 3.63) is 431 Å². The maximum Gasteiger partial charge on any atom is 0.329 e. The Morgan fingerprint density at radius 3 is 0.260 bits per heavy atom. The second kappa shape index (κ2) is 31.7. The van der Waals surface area contributed by atoms with E-state index in [1.165, 1.54) is 0 Å². The van der Waals surface area contributed by atoms with E-state index >= 15 is 0 Å². The largest absolute Gasteiger partial charge is 0.415 e. The summed E-state index contributed by atoms with van der Waals surface area (Å²) < 4.78 is 55.9. The summed E-state index contributed by atoms with van der Waals surface area (Å²) in [5.41, 5.74) is 13.6. The van der Waals surface area contributed by atoms with Crippen molar-refractivity contribution in [2.24, 2.45) is 0 Å². The zero-order chi connectivity index (χ0) is 65.1. The minimum atomic E-state index is -4.06. The molecule has 0 aliphatic carbocycles. The molecule has 0 bridgehead atoms. The standard InChI is InChI=1S/C84H84O6Si6/c1-13-37-73(38-14-1)61-91(62-74-39-15-2-16-40-74)85-92(63-75-41-17-3-18-42-75,64-76-43-19-4-20-44-76)87-94(67-79-49-25-7-26-50-79,68-80-51-27-8-28-52-80)89-96(71-83-57-33-11-34-58-83,72-84-59-35-12-36-60-84)90-95(69-81-53-29-9-30-54-81,70-82-55-31-10-32-56-82)88-93(86-91,65-77-45-21-5-22-46-77)66-78-47-23-6-24-48-78/h1-60H,61-72H2. The number of hydrogen-bond acceptors (Lipinski definition) is 6. The van der Waals surface area contributed by atoms with Crippen LogP contribution in [-0.4, -0.2) is 51.4 Å². The van der Waals surface area contributed by atoms with Gasteiger partial charge in [-0.3, -0.25) is 0 Å². The molecule has 12 heteroatoms. The van der Waals surface area contributed by atoms with E-state index in [-0.39, 0.29) is 0 Å². The Balaban J connectivity index is 1.21. The normalized spacial score (nSPS) is 16.2. The predicted molar refractivity (Wildman–Crippen MR) is 403 cm³/mol. The second-order valence-electron chi connectivity index (χ2n) is 26.0. The summed E-state index contributed by atoms with van der Waals surface area (Å²) in [7, 11) is -24.4. The van der Waals surface area contributed by atoms with Gasteiger partial charge in [-0.05, 0) is 66.8 Å². The quantitative estimate of drug-likeness (QED) is 0.0562. The third-order valence-corrected chi connectivity index (χ3v) is 47.2. The molecule has 0 atom stereocenters. The molecule has 12 aromatic rings. The van der Waals surface area contributed by atoms with Crippen LogP contribution in [0.3, 0.4) is 0 Å². The molecule has 1 aliphatic rings. The second-order valence-corrected chi connectivity index (χ2v) is 46.1. The summed E-state index contributed by atoms with van der Waals surface area (Å²) in [5.74, 6) is 0. The molecule has 1 heterocycles. The lowest BCUT2D eigenvalue weighted by molar-refractivity contribution is 0.205. The van der Waals surface area contributed by atoms with Crippen LogP contribution in [0.4, 0.5) is 0 Å². The lowest BCUT2D eigenvalue weighted by atomic mass is 10.2. The highest BCUT2D eigenvalue weighted by atomic mass is 28.5. The van der Waals surface area contributed by atoms with Crippen molar-refractivity contribution in [3.63, 3.8) is 0 Å². The average Bonchev–Trinajstić information content (AvgIpc) is 0.735. The molecule has 0 spiro atoms. The van der Waals surface area contributed by atoms with Crippen molar-refractivity contribution in [2.75, 3.05) is 0 Å². The topological polar surface area (TPSA) is 55.4 Å². The van der Waals surface area contributed by atoms with Crippen molar-refractivity contribution < 1.29 is 24.7 Å². The lowest BCUT2D eigenvalue weighted by Gasteiger charge is -2.54. The van der Waals surface area contributed by atoms with Gasteiger partial charge in [0, 0.05) is 72.5 Å². The first kappa shape index (κ1) is 66.3. The molecule has 12 aromatic carbocycles. The average molecular weight is 1360 g/mol. The Kier molecular flexibility index (Phi) is 21.9. The molecule has 480 valence electrons. The maximum absolute atomic E-state index is 9.32. The predicted octanol–water partition coefficient (Wildman–Crippen LogP) is 18.1. The fourth-order valence-corrected chi connectivity index (χ4v) is 51.8. The molecule has 1 aliphatic heterocycles. The van der Waals surface area contributed by atoms with Gasteiger partial charge < -0.3 is 24.7 Å². The zero-order valence-corrected chi connectivity index (χ0v) is 60.6. The fraction of sp³-hybridized carbons (Fsp3) is 0.143. The highest BCUT2D eigenvalue weighted by Gasteiger charge is 2.64. The van der Waals surface area contributed by atoms with E-state index in [4.69, 9.17) is 0 Å². The van der Waals surface area contributed by atoms with Crippen LogP contribution >= 0.6 is 0 Å². The van der Waals surface area contributed by atoms with E-state index in [9.17, 15) is 24.7 Å². The van der Waals surface area contributed by atoms with Gasteiger partial charge >= 0.3 is 51.4 Å². The van der Waals surface area contributed by atoms with Crippen LogP contribution in [0.25, 0.3) is 0 Å². The Bertz CT molecular complexity index is 3250. The van der Waals surface area contributed by atoms with Gasteiger partial charge in [-0.15, -0.1) is 0 Å². The maximum atomic E-state index is 9.32. The molecule has 0 saturated carbocycles. The van der Waals surface area contributed by atoms with Gasteiger partial charge in [-0.1, -0.05) is 364 Å². The minimum Gasteiger partial charge on any atom is -0.415 e. The molecular weight excluding hydrogens is 1270 g/mol. The van der Waals surface area contributed by atoms with Gasteiger partial charge in [-0.25, -0.2) is 0 Å². The SMILES string of the molecule is c1ccc(C[Si]2(Cc3ccccc3)O[Si](Cc3ccccc3)(Cc3ccccc3)O[Si](Cc3ccccc3)(Cc3ccccc3)O[Si](Cc3ccccc3)(Cc3ccccc3)O[Si](Cc3ccccc3)(Cc3ccccc3)O[Si](Cc3ccccc3)(Cc3ccccc3)O2)cc1. The minimum absolute atomic E-state index is 0.506. The monoisotopic (exact) mass is 1360 g/mol. The van der Waals surface area contributed by atoms with Crippen LogP contribution in [0.5, 0.6) is 0 Å². The summed E-state index contributed by atoms with van der Waals surface area (Å²) in [6.45, 7) is 0. The Hall–Kier alpha value is -8.30. The summed E-state index contributed by atoms with van der Waals surface area (Å²) in [5, 5.41) is 0. The first-order valence-electron chi connectivity index (χ1n) is 33.9. The summed E-state index contributed by atoms with van der Waals surface area (Å²) in [6.07, 6.45) is 0. The summed E-state index contributed by atoms with van der Waals surface area (Å²) in [6, 6.07) is 138. The Morgan fingerprint density at radius 1 is 0.115 bits per heavy atom. The Morgan fingerprint density at radius 2 is 0.188 bits per heavy atom. The Labute approximate surface area is 575 Å². The molecule has 1 saturated heterocycles. The summed E-state index contributed by atoms with van der Waals surface area (Å²) in [4.78, 5) is 0. The third-order valence-electron chi connectivity index (χ3n) is 18.0.